The van der Waals surface area contributed by atoms with Gasteiger partial charge >= 0.3 is 0 Å². The maximum absolute atomic E-state index is 10.5. The molecule has 120 valence electrons. The lowest BCUT2D eigenvalue weighted by molar-refractivity contribution is 0.0572. The monoisotopic (exact) mass is 293 g/mol. The highest BCUT2D eigenvalue weighted by molar-refractivity contribution is 5.80. The lowest BCUT2D eigenvalue weighted by Crippen LogP contribution is -2.42. The second-order valence-corrected chi connectivity index (χ2v) is 7.48. The van der Waals surface area contributed by atoms with E-state index in [9.17, 15) is 5.11 Å². The van der Waals surface area contributed by atoms with E-state index in [1.807, 2.05) is 0 Å². The zero-order valence-electron chi connectivity index (χ0n) is 13.5. The van der Waals surface area contributed by atoms with Crippen molar-refractivity contribution in [2.75, 3.05) is 26.2 Å². The molecule has 1 saturated heterocycles. The summed E-state index contributed by atoms with van der Waals surface area (Å²) < 4.78 is 0. The number of hydrogen-bond acceptors (Lipinski definition) is 2. The molecule has 0 radical (unpaired) electrons. The smallest absolute Gasteiger partial charge is 0.194 e. The fourth-order valence-electron chi connectivity index (χ4n) is 4.49. The average Bonchev–Trinajstić information content (AvgIpc) is 3.19. The Morgan fingerprint density at radius 2 is 1.76 bits per heavy atom. The van der Waals surface area contributed by atoms with Crippen LogP contribution in [0.4, 0.5) is 0 Å². The molecule has 0 bridgehead atoms. The van der Waals surface area contributed by atoms with Crippen molar-refractivity contribution >= 4 is 5.96 Å². The Morgan fingerprint density at radius 1 is 1.10 bits per heavy atom. The fraction of sp³-hybridized carbons (Fsp3) is 0.941. The van der Waals surface area contributed by atoms with Crippen molar-refractivity contribution in [2.24, 2.45) is 10.4 Å². The van der Waals surface area contributed by atoms with Gasteiger partial charge in [0.1, 0.15) is 0 Å². The van der Waals surface area contributed by atoms with Crippen molar-refractivity contribution in [3.63, 3.8) is 0 Å². The second-order valence-electron chi connectivity index (χ2n) is 7.48. The molecule has 3 fully saturated rings. The molecule has 2 N–H and O–H groups in total. The fourth-order valence-corrected chi connectivity index (χ4v) is 4.49. The third kappa shape index (κ3) is 3.36. The zero-order chi connectivity index (χ0) is 14.8. The first kappa shape index (κ1) is 15.1. The van der Waals surface area contributed by atoms with Crippen LogP contribution in [0.1, 0.15) is 64.7 Å². The Labute approximate surface area is 129 Å². The van der Waals surface area contributed by atoms with Crippen LogP contribution in [0, 0.1) is 5.41 Å². The van der Waals surface area contributed by atoms with Gasteiger partial charge < -0.3 is 15.3 Å². The van der Waals surface area contributed by atoms with Crippen LogP contribution < -0.4 is 5.32 Å². The van der Waals surface area contributed by atoms with Gasteiger partial charge in [0.05, 0.1) is 12.1 Å². The molecule has 2 aliphatic carbocycles. The van der Waals surface area contributed by atoms with Crippen LogP contribution in [0.2, 0.25) is 0 Å². The van der Waals surface area contributed by atoms with Crippen LogP contribution in [0.3, 0.4) is 0 Å². The number of guanidine groups is 1. The summed E-state index contributed by atoms with van der Waals surface area (Å²) in [6.45, 7) is 5.89. The van der Waals surface area contributed by atoms with Gasteiger partial charge in [-0.1, -0.05) is 25.7 Å². The van der Waals surface area contributed by atoms with E-state index in [-0.39, 0.29) is 0 Å². The van der Waals surface area contributed by atoms with E-state index < -0.39 is 5.60 Å². The minimum atomic E-state index is -0.536. The Kier molecular flexibility index (Phi) is 4.43. The molecule has 1 aliphatic heterocycles. The highest BCUT2D eigenvalue weighted by atomic mass is 16.3. The molecule has 1 heterocycles. The molecular formula is C17H31N3O. The van der Waals surface area contributed by atoms with Gasteiger partial charge in [-0.15, -0.1) is 0 Å². The summed E-state index contributed by atoms with van der Waals surface area (Å²) in [6.07, 6.45) is 11.0. The maximum atomic E-state index is 10.5. The van der Waals surface area contributed by atoms with Crippen LogP contribution in [0.25, 0.3) is 0 Å². The van der Waals surface area contributed by atoms with Gasteiger partial charge in [-0.2, -0.15) is 0 Å². The standard InChI is InChI=1S/C17H31N3O/c1-2-18-15(19-13-17(21)9-5-6-10-17)20-12-11-16(14-20)7-3-4-8-16/h21H,2-14H2,1H3,(H,18,19). The molecule has 0 aromatic heterocycles. The van der Waals surface area contributed by atoms with Gasteiger partial charge in [0.25, 0.3) is 0 Å². The largest absolute Gasteiger partial charge is 0.388 e. The number of nitrogens with one attached hydrogen (secondary N) is 1. The minimum Gasteiger partial charge on any atom is -0.388 e. The molecule has 4 nitrogen and oxygen atoms in total. The first-order valence-corrected chi connectivity index (χ1v) is 8.91. The summed E-state index contributed by atoms with van der Waals surface area (Å²) in [5.41, 5.74) is 0.0336. The summed E-state index contributed by atoms with van der Waals surface area (Å²) in [4.78, 5) is 7.22. The SMILES string of the molecule is CCNC(=NCC1(O)CCCC1)N1CCC2(CCCC2)C1. The summed E-state index contributed by atoms with van der Waals surface area (Å²) >= 11 is 0. The van der Waals surface area contributed by atoms with Crippen molar-refractivity contribution in [3.05, 3.63) is 0 Å². The predicted octanol–water partition coefficient (Wildman–Crippen LogP) is 2.52. The van der Waals surface area contributed by atoms with Gasteiger partial charge in [0.15, 0.2) is 5.96 Å². The predicted molar refractivity (Wildman–Crippen MR) is 86.5 cm³/mol. The lowest BCUT2D eigenvalue weighted by Gasteiger charge is -2.27. The summed E-state index contributed by atoms with van der Waals surface area (Å²) in [7, 11) is 0. The van der Waals surface area contributed by atoms with Crippen molar-refractivity contribution < 1.29 is 5.11 Å². The van der Waals surface area contributed by atoms with Crippen LogP contribution in [-0.4, -0.2) is 47.7 Å². The van der Waals surface area contributed by atoms with Crippen molar-refractivity contribution in [1.82, 2.24) is 10.2 Å². The average molecular weight is 293 g/mol. The van der Waals surface area contributed by atoms with Gasteiger partial charge in [-0.3, -0.25) is 4.99 Å². The Balaban J connectivity index is 1.64. The van der Waals surface area contributed by atoms with Gasteiger partial charge in [-0.05, 0) is 44.4 Å². The Bertz CT molecular complexity index is 381. The quantitative estimate of drug-likeness (QED) is 0.621. The lowest BCUT2D eigenvalue weighted by atomic mass is 9.86. The van der Waals surface area contributed by atoms with Crippen molar-refractivity contribution in [2.45, 2.75) is 70.3 Å². The number of nitrogens with zero attached hydrogens (tertiary/aromatic N) is 2. The van der Waals surface area contributed by atoms with E-state index in [4.69, 9.17) is 4.99 Å². The van der Waals surface area contributed by atoms with Crippen LogP contribution >= 0.6 is 0 Å². The molecule has 3 rings (SSSR count). The second kappa shape index (κ2) is 6.15. The van der Waals surface area contributed by atoms with Crippen LogP contribution in [-0.2, 0) is 0 Å². The third-order valence-electron chi connectivity index (χ3n) is 5.79. The van der Waals surface area contributed by atoms with E-state index in [2.05, 4.69) is 17.1 Å². The van der Waals surface area contributed by atoms with Gasteiger partial charge in [-0.25, -0.2) is 0 Å². The zero-order valence-corrected chi connectivity index (χ0v) is 13.5. The molecule has 2 saturated carbocycles. The first-order chi connectivity index (χ1) is 10.1. The number of rotatable bonds is 3. The van der Waals surface area contributed by atoms with Crippen LogP contribution in [0.15, 0.2) is 4.99 Å². The maximum Gasteiger partial charge on any atom is 0.194 e. The van der Waals surface area contributed by atoms with E-state index in [0.717, 1.165) is 51.3 Å². The van der Waals surface area contributed by atoms with Crippen molar-refractivity contribution in [3.8, 4) is 0 Å². The highest BCUT2D eigenvalue weighted by Crippen LogP contribution is 2.45. The molecule has 1 spiro atoms. The Morgan fingerprint density at radius 3 is 2.43 bits per heavy atom. The Hall–Kier alpha value is -0.770. The molecule has 0 aromatic carbocycles. The van der Waals surface area contributed by atoms with E-state index in [1.165, 1.54) is 32.1 Å². The normalized spacial score (nSPS) is 27.7. The molecule has 21 heavy (non-hydrogen) atoms. The molecular weight excluding hydrogens is 262 g/mol. The molecule has 0 unspecified atom stereocenters. The number of hydrogen-bond donors (Lipinski definition) is 2. The van der Waals surface area contributed by atoms with Gasteiger partial charge in [0, 0.05) is 19.6 Å². The molecule has 0 atom stereocenters. The minimum absolute atomic E-state index is 0.536. The van der Waals surface area contributed by atoms with Gasteiger partial charge in [0.2, 0.25) is 0 Å². The van der Waals surface area contributed by atoms with Crippen molar-refractivity contribution in [1.29, 1.82) is 0 Å². The highest BCUT2D eigenvalue weighted by Gasteiger charge is 2.41. The summed E-state index contributed by atoms with van der Waals surface area (Å²) in [5, 5.41) is 13.9. The topological polar surface area (TPSA) is 47.9 Å². The number of aliphatic imine (C=N–C) groups is 1. The van der Waals surface area contributed by atoms with E-state index >= 15 is 0 Å². The molecule has 3 aliphatic rings. The number of aliphatic hydroxyl groups is 1. The molecule has 0 amide bonds. The van der Waals surface area contributed by atoms with E-state index in [0.29, 0.717) is 12.0 Å². The van der Waals surface area contributed by atoms with E-state index in [1.54, 1.807) is 0 Å². The molecule has 0 aromatic rings. The molecule has 4 heteroatoms. The summed E-state index contributed by atoms with van der Waals surface area (Å²) in [6, 6.07) is 0. The third-order valence-corrected chi connectivity index (χ3v) is 5.79. The van der Waals surface area contributed by atoms with Crippen LogP contribution in [0.5, 0.6) is 0 Å². The first-order valence-electron chi connectivity index (χ1n) is 8.91. The number of likely N-dealkylation sites (tertiary alicyclic amines) is 1. The summed E-state index contributed by atoms with van der Waals surface area (Å²) in [5.74, 6) is 1.03.